The van der Waals surface area contributed by atoms with Gasteiger partial charge in [0, 0.05) is 10.6 Å². The maximum Gasteiger partial charge on any atom is 0.338 e. The minimum Gasteiger partial charge on any atom is -0.478 e. The van der Waals surface area contributed by atoms with E-state index in [1.165, 1.54) is 12.1 Å². The Morgan fingerprint density at radius 2 is 1.83 bits per heavy atom. The molecule has 92 valence electrons. The van der Waals surface area contributed by atoms with Crippen LogP contribution in [0.5, 0.6) is 0 Å². The molecule has 0 aliphatic heterocycles. The van der Waals surface area contributed by atoms with Crippen LogP contribution in [0.2, 0.25) is 5.02 Å². The molecule has 0 aromatic heterocycles. The van der Waals surface area contributed by atoms with Crippen LogP contribution in [0, 0.1) is 11.6 Å². The van der Waals surface area contributed by atoms with Crippen LogP contribution in [-0.2, 0) is 0 Å². The normalized spacial score (nSPS) is 10.4. The van der Waals surface area contributed by atoms with E-state index in [0.717, 1.165) is 6.07 Å². The first-order valence-electron chi connectivity index (χ1n) is 4.98. The zero-order valence-corrected chi connectivity index (χ0v) is 9.71. The second-order valence-corrected chi connectivity index (χ2v) is 4.04. The van der Waals surface area contributed by atoms with Crippen LogP contribution in [0.25, 0.3) is 11.1 Å². The van der Waals surface area contributed by atoms with E-state index >= 15 is 0 Å². The van der Waals surface area contributed by atoms with Crippen LogP contribution >= 0.6 is 11.6 Å². The monoisotopic (exact) mass is 268 g/mol. The lowest BCUT2D eigenvalue weighted by atomic mass is 10.0. The summed E-state index contributed by atoms with van der Waals surface area (Å²) >= 11 is 5.76. The van der Waals surface area contributed by atoms with Gasteiger partial charge in [-0.25, -0.2) is 13.6 Å². The summed E-state index contributed by atoms with van der Waals surface area (Å²) in [5.74, 6) is -4.08. The van der Waals surface area contributed by atoms with Gasteiger partial charge in [0.2, 0.25) is 0 Å². The predicted molar refractivity (Wildman–Crippen MR) is 63.8 cm³/mol. The number of halogens is 3. The molecule has 0 saturated heterocycles. The summed E-state index contributed by atoms with van der Waals surface area (Å²) in [5.41, 5.74) is -0.339. The first-order chi connectivity index (χ1) is 8.50. The molecule has 2 aromatic rings. The minimum absolute atomic E-state index is 0.0278. The molecule has 0 spiro atoms. The quantitative estimate of drug-likeness (QED) is 0.894. The molecule has 0 aliphatic rings. The van der Waals surface area contributed by atoms with Gasteiger partial charge in [0.25, 0.3) is 0 Å². The van der Waals surface area contributed by atoms with E-state index in [0.29, 0.717) is 10.6 Å². The average molecular weight is 269 g/mol. The summed E-state index contributed by atoms with van der Waals surface area (Å²) in [5, 5.41) is 9.05. The molecule has 0 aliphatic carbocycles. The van der Waals surface area contributed by atoms with Crippen LogP contribution in [0.1, 0.15) is 10.4 Å². The molecule has 5 heteroatoms. The molecule has 0 unspecified atom stereocenters. The van der Waals surface area contributed by atoms with E-state index in [2.05, 4.69) is 0 Å². The largest absolute Gasteiger partial charge is 0.478 e. The summed E-state index contributed by atoms with van der Waals surface area (Å²) in [6, 6.07) is 8.47. The SMILES string of the molecule is O=C(O)c1ccc(-c2cccc(Cl)c2)c(F)c1F. The van der Waals surface area contributed by atoms with Crippen LogP contribution in [0.4, 0.5) is 8.78 Å². The molecule has 0 saturated carbocycles. The smallest absolute Gasteiger partial charge is 0.338 e. The summed E-state index contributed by atoms with van der Waals surface area (Å²) in [6.07, 6.45) is 0. The number of aromatic carboxylic acids is 1. The fourth-order valence-corrected chi connectivity index (χ4v) is 1.78. The highest BCUT2D eigenvalue weighted by molar-refractivity contribution is 6.30. The molecule has 0 radical (unpaired) electrons. The Balaban J connectivity index is 2.61. The fourth-order valence-electron chi connectivity index (χ4n) is 1.59. The Hall–Kier alpha value is -1.94. The third kappa shape index (κ3) is 2.19. The molecule has 0 fully saturated rings. The van der Waals surface area contributed by atoms with Crippen LogP contribution in [0.15, 0.2) is 36.4 Å². The zero-order valence-electron chi connectivity index (χ0n) is 8.95. The van der Waals surface area contributed by atoms with Crippen molar-refractivity contribution in [3.05, 3.63) is 58.6 Å². The van der Waals surface area contributed by atoms with Gasteiger partial charge in [0.05, 0.1) is 5.56 Å². The van der Waals surface area contributed by atoms with Gasteiger partial charge in [-0.2, -0.15) is 0 Å². The van der Waals surface area contributed by atoms with Crippen LogP contribution in [-0.4, -0.2) is 11.1 Å². The highest BCUT2D eigenvalue weighted by Gasteiger charge is 2.18. The topological polar surface area (TPSA) is 37.3 Å². The lowest BCUT2D eigenvalue weighted by molar-refractivity contribution is 0.0690. The Morgan fingerprint density at radius 1 is 1.11 bits per heavy atom. The van der Waals surface area contributed by atoms with Crippen molar-refractivity contribution in [3.8, 4) is 11.1 Å². The first-order valence-corrected chi connectivity index (χ1v) is 5.35. The number of rotatable bonds is 2. The maximum atomic E-state index is 13.8. The summed E-state index contributed by atoms with van der Waals surface area (Å²) in [7, 11) is 0. The van der Waals surface area contributed by atoms with Crippen molar-refractivity contribution in [1.29, 1.82) is 0 Å². The molecular formula is C13H7ClF2O2. The predicted octanol–water partition coefficient (Wildman–Crippen LogP) is 3.98. The number of benzene rings is 2. The molecule has 18 heavy (non-hydrogen) atoms. The van der Waals surface area contributed by atoms with Gasteiger partial charge in [-0.3, -0.25) is 0 Å². The Bertz CT molecular complexity index is 626. The van der Waals surface area contributed by atoms with E-state index < -0.39 is 23.2 Å². The third-order valence-electron chi connectivity index (χ3n) is 2.45. The van der Waals surface area contributed by atoms with E-state index in [-0.39, 0.29) is 5.56 Å². The molecular weight excluding hydrogens is 262 g/mol. The number of carbonyl (C=O) groups is 1. The van der Waals surface area contributed by atoms with Crippen molar-refractivity contribution >= 4 is 17.6 Å². The number of carboxylic acid groups (broad SMARTS) is 1. The van der Waals surface area contributed by atoms with Crippen LogP contribution < -0.4 is 0 Å². The summed E-state index contributed by atoms with van der Waals surface area (Å²) in [4.78, 5) is 10.6. The van der Waals surface area contributed by atoms with Crippen LogP contribution in [0.3, 0.4) is 0 Å². The van der Waals surface area contributed by atoms with Gasteiger partial charge in [-0.05, 0) is 23.8 Å². The second kappa shape index (κ2) is 4.74. The molecule has 0 amide bonds. The molecule has 2 rings (SSSR count). The molecule has 1 N–H and O–H groups in total. The zero-order chi connectivity index (χ0) is 13.3. The van der Waals surface area contributed by atoms with E-state index in [1.807, 2.05) is 0 Å². The number of carboxylic acids is 1. The fraction of sp³-hybridized carbons (Fsp3) is 0. The van der Waals surface area contributed by atoms with Gasteiger partial charge < -0.3 is 5.11 Å². The minimum atomic E-state index is -1.51. The van der Waals surface area contributed by atoms with Gasteiger partial charge in [0.15, 0.2) is 11.6 Å². The summed E-state index contributed by atoms with van der Waals surface area (Å²) in [6.45, 7) is 0. The van der Waals surface area contributed by atoms with E-state index in [4.69, 9.17) is 16.7 Å². The van der Waals surface area contributed by atoms with Crippen molar-refractivity contribution in [3.63, 3.8) is 0 Å². The molecule has 2 nitrogen and oxygen atoms in total. The Labute approximate surface area is 106 Å². The van der Waals surface area contributed by atoms with Gasteiger partial charge in [-0.1, -0.05) is 29.8 Å². The van der Waals surface area contributed by atoms with E-state index in [9.17, 15) is 13.6 Å². The standard InChI is InChI=1S/C13H7ClF2O2/c14-8-3-1-2-7(6-8)9-4-5-10(13(17)18)12(16)11(9)15/h1-6H,(H,17,18). The van der Waals surface area contributed by atoms with Crippen molar-refractivity contribution in [1.82, 2.24) is 0 Å². The first kappa shape index (κ1) is 12.5. The highest BCUT2D eigenvalue weighted by Crippen LogP contribution is 2.28. The van der Waals surface area contributed by atoms with Crippen molar-refractivity contribution in [2.24, 2.45) is 0 Å². The average Bonchev–Trinajstić information content (AvgIpc) is 2.32. The summed E-state index contributed by atoms with van der Waals surface area (Å²) < 4.78 is 27.3. The third-order valence-corrected chi connectivity index (χ3v) is 2.68. The Kier molecular flexibility index (Phi) is 3.30. The number of hydrogen-bond acceptors (Lipinski definition) is 1. The van der Waals surface area contributed by atoms with Crippen molar-refractivity contribution in [2.45, 2.75) is 0 Å². The second-order valence-electron chi connectivity index (χ2n) is 3.60. The van der Waals surface area contributed by atoms with Gasteiger partial charge in [-0.15, -0.1) is 0 Å². The van der Waals surface area contributed by atoms with Gasteiger partial charge in [0.1, 0.15) is 0 Å². The highest BCUT2D eigenvalue weighted by atomic mass is 35.5. The van der Waals surface area contributed by atoms with Crippen molar-refractivity contribution < 1.29 is 18.7 Å². The van der Waals surface area contributed by atoms with Crippen molar-refractivity contribution in [2.75, 3.05) is 0 Å². The molecule has 0 heterocycles. The lowest BCUT2D eigenvalue weighted by Gasteiger charge is -2.06. The Morgan fingerprint density at radius 3 is 2.44 bits per heavy atom. The molecule has 0 bridgehead atoms. The van der Waals surface area contributed by atoms with Gasteiger partial charge >= 0.3 is 5.97 Å². The van der Waals surface area contributed by atoms with E-state index in [1.54, 1.807) is 18.2 Å². The molecule has 2 aromatic carbocycles. The molecule has 0 atom stereocenters. The maximum absolute atomic E-state index is 13.8. The number of hydrogen-bond donors (Lipinski definition) is 1. The lowest BCUT2D eigenvalue weighted by Crippen LogP contribution is -2.03.